The number of aliphatic imine (C=N–C) groups is 1. The van der Waals surface area contributed by atoms with Gasteiger partial charge in [0.2, 0.25) is 5.91 Å². The minimum absolute atomic E-state index is 0.0423. The lowest BCUT2D eigenvalue weighted by Gasteiger charge is -2.36. The second-order valence-corrected chi connectivity index (χ2v) is 9.15. The Balaban J connectivity index is 1.42. The molecule has 3 heterocycles. The van der Waals surface area contributed by atoms with Gasteiger partial charge in [-0.3, -0.25) is 14.7 Å². The first-order valence-corrected chi connectivity index (χ1v) is 12.4. The number of carbonyl (C=O) groups excluding carboxylic acids is 1. The van der Waals surface area contributed by atoms with Crippen LogP contribution in [-0.2, 0) is 11.3 Å². The van der Waals surface area contributed by atoms with E-state index in [0.717, 1.165) is 72.3 Å². The van der Waals surface area contributed by atoms with Crippen molar-refractivity contribution in [3.05, 3.63) is 77.9 Å². The number of hydrogen-bond acceptors (Lipinski definition) is 8. The topological polar surface area (TPSA) is 113 Å². The number of pyridine rings is 1. The summed E-state index contributed by atoms with van der Waals surface area (Å²) >= 11 is 0. The predicted octanol–water partition coefficient (Wildman–Crippen LogP) is 3.32. The van der Waals surface area contributed by atoms with Gasteiger partial charge in [-0.05, 0) is 31.5 Å². The molecular weight excluding hydrogens is 464 g/mol. The third kappa shape index (κ3) is 6.98. The Bertz CT molecular complexity index is 1260. The van der Waals surface area contributed by atoms with Gasteiger partial charge in [0.15, 0.2) is 11.6 Å². The number of nitrogens with one attached hydrogen (secondary N) is 1. The van der Waals surface area contributed by atoms with Crippen LogP contribution in [0.2, 0.25) is 0 Å². The first-order valence-electron chi connectivity index (χ1n) is 12.4. The summed E-state index contributed by atoms with van der Waals surface area (Å²) in [6.07, 6.45) is 5.21. The largest absolute Gasteiger partial charge is 0.402 e. The molecule has 1 amide bonds. The van der Waals surface area contributed by atoms with Crippen LogP contribution in [0.1, 0.15) is 26.3 Å². The second-order valence-electron chi connectivity index (χ2n) is 9.15. The summed E-state index contributed by atoms with van der Waals surface area (Å²) in [6, 6.07) is 13.8. The molecule has 1 aliphatic heterocycles. The fourth-order valence-electron chi connectivity index (χ4n) is 4.30. The molecule has 0 atom stereocenters. The standard InChI is InChI=1S/C28H34N8O/c1-20(29)25(21(2)34-26-6-4-5-11-30-26)19-35-14-16-36(17-15-35)28-27(31-12-13-32-28)24-9-7-23(8-10-24)18-33-22(3)37/h4-13H,14-19,29H2,1-3H3,(H,33,37)/b25-20-,34-21+. The van der Waals surface area contributed by atoms with Crippen molar-refractivity contribution in [2.45, 2.75) is 27.3 Å². The lowest BCUT2D eigenvalue weighted by molar-refractivity contribution is -0.119. The molecule has 1 fully saturated rings. The average Bonchev–Trinajstić information content (AvgIpc) is 2.91. The van der Waals surface area contributed by atoms with Crippen LogP contribution in [0.25, 0.3) is 11.3 Å². The van der Waals surface area contributed by atoms with Gasteiger partial charge in [0.05, 0.1) is 0 Å². The van der Waals surface area contributed by atoms with Crippen LogP contribution >= 0.6 is 0 Å². The fraction of sp³-hybridized carbons (Fsp3) is 0.321. The van der Waals surface area contributed by atoms with Gasteiger partial charge in [-0.1, -0.05) is 30.3 Å². The van der Waals surface area contributed by atoms with Crippen LogP contribution in [0.4, 0.5) is 11.6 Å². The number of benzene rings is 1. The van der Waals surface area contributed by atoms with Crippen LogP contribution in [0.3, 0.4) is 0 Å². The van der Waals surface area contributed by atoms with Crippen LogP contribution in [0.15, 0.2) is 77.3 Å². The number of amides is 1. The highest BCUT2D eigenvalue weighted by atomic mass is 16.1. The maximum Gasteiger partial charge on any atom is 0.217 e. The molecule has 9 nitrogen and oxygen atoms in total. The van der Waals surface area contributed by atoms with Crippen LogP contribution in [-0.4, -0.2) is 64.2 Å². The molecule has 0 spiro atoms. The third-order valence-corrected chi connectivity index (χ3v) is 6.35. The Labute approximate surface area is 218 Å². The number of rotatable bonds is 8. The summed E-state index contributed by atoms with van der Waals surface area (Å²) in [7, 11) is 0. The quantitative estimate of drug-likeness (QED) is 0.458. The number of anilines is 1. The van der Waals surface area contributed by atoms with Crippen molar-refractivity contribution in [1.29, 1.82) is 0 Å². The first kappa shape index (κ1) is 26.0. The summed E-state index contributed by atoms with van der Waals surface area (Å²) in [5.41, 5.74) is 11.9. The van der Waals surface area contributed by atoms with Crippen LogP contribution < -0.4 is 16.0 Å². The van der Waals surface area contributed by atoms with Gasteiger partial charge in [-0.25, -0.2) is 15.0 Å². The van der Waals surface area contributed by atoms with Crippen LogP contribution in [0, 0.1) is 0 Å². The van der Waals surface area contributed by atoms with E-state index in [-0.39, 0.29) is 5.91 Å². The number of nitrogens with zero attached hydrogens (tertiary/aromatic N) is 6. The van der Waals surface area contributed by atoms with Crippen molar-refractivity contribution in [2.24, 2.45) is 10.7 Å². The van der Waals surface area contributed by atoms with Crippen molar-refractivity contribution in [3.63, 3.8) is 0 Å². The zero-order valence-corrected chi connectivity index (χ0v) is 21.7. The van der Waals surface area contributed by atoms with Crippen molar-refractivity contribution >= 4 is 23.3 Å². The fourth-order valence-corrected chi connectivity index (χ4v) is 4.30. The van der Waals surface area contributed by atoms with E-state index in [4.69, 9.17) is 5.73 Å². The molecule has 0 bridgehead atoms. The second kappa shape index (κ2) is 12.2. The van der Waals surface area contributed by atoms with E-state index in [1.165, 1.54) is 6.92 Å². The summed E-state index contributed by atoms with van der Waals surface area (Å²) in [5, 5.41) is 2.83. The first-order chi connectivity index (χ1) is 17.9. The smallest absolute Gasteiger partial charge is 0.217 e. The molecule has 1 saturated heterocycles. The Kier molecular flexibility index (Phi) is 8.58. The molecule has 0 saturated carbocycles. The normalized spacial score (nSPS) is 15.3. The lowest BCUT2D eigenvalue weighted by Crippen LogP contribution is -2.48. The molecular formula is C28H34N8O. The SMILES string of the molecule is CC(=O)NCc1ccc(-c2nccnc2N2CCN(CC(=C(\C)N)/C(C)=N/c3ccccn3)CC2)cc1. The highest BCUT2D eigenvalue weighted by Gasteiger charge is 2.23. The van der Waals surface area contributed by atoms with E-state index in [1.807, 2.05) is 56.3 Å². The zero-order chi connectivity index (χ0) is 26.2. The molecule has 0 aliphatic carbocycles. The molecule has 192 valence electrons. The van der Waals surface area contributed by atoms with Crippen LogP contribution in [0.5, 0.6) is 0 Å². The van der Waals surface area contributed by atoms with E-state index in [0.29, 0.717) is 12.4 Å². The van der Waals surface area contributed by atoms with Crippen molar-refractivity contribution in [2.75, 3.05) is 37.6 Å². The van der Waals surface area contributed by atoms with Gasteiger partial charge in [0, 0.05) is 87.3 Å². The van der Waals surface area contributed by atoms with Crippen molar-refractivity contribution in [3.8, 4) is 11.3 Å². The Hall–Kier alpha value is -4.11. The number of allylic oxidation sites excluding steroid dienone is 1. The van der Waals surface area contributed by atoms with Gasteiger partial charge in [0.25, 0.3) is 0 Å². The molecule has 1 aromatic carbocycles. The highest BCUT2D eigenvalue weighted by molar-refractivity contribution is 6.00. The summed E-state index contributed by atoms with van der Waals surface area (Å²) in [4.78, 5) is 34.2. The van der Waals surface area contributed by atoms with Gasteiger partial charge in [0.1, 0.15) is 5.69 Å². The molecule has 1 aliphatic rings. The number of nitrogens with two attached hydrogens (primary N) is 1. The molecule has 3 N–H and O–H groups in total. The highest BCUT2D eigenvalue weighted by Crippen LogP contribution is 2.28. The monoisotopic (exact) mass is 498 g/mol. The molecule has 0 radical (unpaired) electrons. The van der Waals surface area contributed by atoms with E-state index < -0.39 is 0 Å². The maximum absolute atomic E-state index is 11.2. The number of aromatic nitrogens is 3. The number of hydrogen-bond donors (Lipinski definition) is 2. The molecule has 2 aromatic heterocycles. The zero-order valence-electron chi connectivity index (χ0n) is 21.7. The molecule has 37 heavy (non-hydrogen) atoms. The lowest BCUT2D eigenvalue weighted by atomic mass is 10.1. The van der Waals surface area contributed by atoms with Gasteiger partial charge in [-0.2, -0.15) is 0 Å². The minimum Gasteiger partial charge on any atom is -0.402 e. The van der Waals surface area contributed by atoms with E-state index >= 15 is 0 Å². The Morgan fingerprint density at radius 1 is 0.946 bits per heavy atom. The van der Waals surface area contributed by atoms with Gasteiger partial charge >= 0.3 is 0 Å². The van der Waals surface area contributed by atoms with Crippen molar-refractivity contribution < 1.29 is 4.79 Å². The Morgan fingerprint density at radius 2 is 1.68 bits per heavy atom. The predicted molar refractivity (Wildman–Crippen MR) is 148 cm³/mol. The van der Waals surface area contributed by atoms with E-state index in [2.05, 4.69) is 35.1 Å². The average molecular weight is 499 g/mol. The van der Waals surface area contributed by atoms with Gasteiger partial charge in [-0.15, -0.1) is 0 Å². The molecule has 3 aromatic rings. The summed E-state index contributed by atoms with van der Waals surface area (Å²) in [5.74, 6) is 1.52. The molecule has 0 unspecified atom stereocenters. The van der Waals surface area contributed by atoms with Gasteiger partial charge < -0.3 is 16.0 Å². The minimum atomic E-state index is -0.0423. The molecule has 4 rings (SSSR count). The number of carbonyl (C=O) groups is 1. The third-order valence-electron chi connectivity index (χ3n) is 6.35. The maximum atomic E-state index is 11.2. The Morgan fingerprint density at radius 3 is 2.32 bits per heavy atom. The summed E-state index contributed by atoms with van der Waals surface area (Å²) < 4.78 is 0. The van der Waals surface area contributed by atoms with Crippen molar-refractivity contribution in [1.82, 2.24) is 25.2 Å². The molecule has 9 heteroatoms. The van der Waals surface area contributed by atoms with E-state index in [1.54, 1.807) is 18.6 Å². The number of piperazine rings is 1. The summed E-state index contributed by atoms with van der Waals surface area (Å²) in [6.45, 7) is 10.1. The van der Waals surface area contributed by atoms with E-state index in [9.17, 15) is 4.79 Å².